The van der Waals surface area contributed by atoms with E-state index >= 15 is 0 Å². The minimum Gasteiger partial charge on any atom is -0.207 e. The van der Waals surface area contributed by atoms with E-state index in [1.165, 1.54) is 23.5 Å². The van der Waals surface area contributed by atoms with Gasteiger partial charge in [0.25, 0.3) is 0 Å². The van der Waals surface area contributed by atoms with E-state index in [1.807, 2.05) is 13.8 Å². The number of nitrogens with zero attached hydrogens (tertiary/aromatic N) is 1. The number of hydrogen-bond acceptors (Lipinski definition) is 2. The second-order valence-corrected chi connectivity index (χ2v) is 6.97. The molecule has 0 amide bonds. The minimum absolute atomic E-state index is 0.0337. The third kappa shape index (κ3) is 3.91. The van der Waals surface area contributed by atoms with Crippen LogP contribution in [-0.2, 0) is 15.9 Å². The van der Waals surface area contributed by atoms with E-state index in [4.69, 9.17) is 11.6 Å². The van der Waals surface area contributed by atoms with Gasteiger partial charge >= 0.3 is 0 Å². The first-order valence-electron chi connectivity index (χ1n) is 6.13. The van der Waals surface area contributed by atoms with Gasteiger partial charge in [0, 0.05) is 19.5 Å². The summed E-state index contributed by atoms with van der Waals surface area (Å²) in [6, 6.07) is 3.65. The number of benzene rings is 1. The molecule has 0 heterocycles. The molecule has 0 N–H and O–H groups in total. The van der Waals surface area contributed by atoms with Crippen molar-refractivity contribution >= 4 is 21.6 Å². The van der Waals surface area contributed by atoms with Gasteiger partial charge in [0.15, 0.2) is 0 Å². The van der Waals surface area contributed by atoms with Crippen LogP contribution in [0.4, 0.5) is 4.39 Å². The molecule has 0 bridgehead atoms. The van der Waals surface area contributed by atoms with Gasteiger partial charge in [-0.1, -0.05) is 26.3 Å². The van der Waals surface area contributed by atoms with Crippen LogP contribution in [0.15, 0.2) is 23.1 Å². The second-order valence-electron chi connectivity index (χ2n) is 4.68. The molecule has 108 valence electrons. The Bertz CT molecular complexity index is 533. The molecule has 19 heavy (non-hydrogen) atoms. The van der Waals surface area contributed by atoms with Crippen LogP contribution in [0.1, 0.15) is 25.8 Å². The van der Waals surface area contributed by atoms with Crippen molar-refractivity contribution in [2.24, 2.45) is 5.92 Å². The van der Waals surface area contributed by atoms with Gasteiger partial charge in [-0.2, -0.15) is 0 Å². The molecule has 0 spiro atoms. The first kappa shape index (κ1) is 16.4. The normalized spacial score (nSPS) is 13.8. The molecule has 0 radical (unpaired) electrons. The number of sulfonamides is 1. The molecule has 0 fully saturated rings. The topological polar surface area (TPSA) is 37.4 Å². The lowest BCUT2D eigenvalue weighted by molar-refractivity contribution is 0.393. The highest BCUT2D eigenvalue weighted by Crippen LogP contribution is 2.23. The van der Waals surface area contributed by atoms with Crippen molar-refractivity contribution in [1.82, 2.24) is 4.31 Å². The van der Waals surface area contributed by atoms with Crippen LogP contribution in [0.3, 0.4) is 0 Å². The molecular weight excluding hydrogens is 289 g/mol. The third-order valence-electron chi connectivity index (χ3n) is 3.13. The molecule has 1 aromatic rings. The van der Waals surface area contributed by atoms with E-state index in [-0.39, 0.29) is 16.7 Å². The summed E-state index contributed by atoms with van der Waals surface area (Å²) < 4.78 is 39.4. The Morgan fingerprint density at radius 3 is 2.58 bits per heavy atom. The number of halogens is 2. The maximum Gasteiger partial charge on any atom is 0.243 e. The van der Waals surface area contributed by atoms with Gasteiger partial charge in [0.2, 0.25) is 10.0 Å². The predicted molar refractivity (Wildman–Crippen MR) is 75.2 cm³/mol. The van der Waals surface area contributed by atoms with E-state index in [0.29, 0.717) is 12.1 Å². The van der Waals surface area contributed by atoms with Crippen LogP contribution in [0.25, 0.3) is 0 Å². The molecule has 0 aliphatic carbocycles. The molecule has 1 atom stereocenters. The molecule has 0 saturated heterocycles. The van der Waals surface area contributed by atoms with Gasteiger partial charge in [-0.05, 0) is 23.6 Å². The summed E-state index contributed by atoms with van der Waals surface area (Å²) in [5.41, 5.74) is 0.416. The predicted octanol–water partition coefficient (Wildman–Crippen LogP) is 3.23. The molecule has 0 aromatic heterocycles. The fraction of sp³-hybridized carbons (Fsp3) is 0.538. The van der Waals surface area contributed by atoms with Crippen LogP contribution < -0.4 is 0 Å². The average Bonchev–Trinajstić information content (AvgIpc) is 2.38. The van der Waals surface area contributed by atoms with Crippen molar-refractivity contribution in [1.29, 1.82) is 0 Å². The fourth-order valence-corrected chi connectivity index (χ4v) is 3.54. The van der Waals surface area contributed by atoms with Crippen LogP contribution in [0, 0.1) is 11.7 Å². The summed E-state index contributed by atoms with van der Waals surface area (Å²) in [4.78, 5) is -0.0479. The number of alkyl halides is 1. The average molecular weight is 308 g/mol. The Balaban J connectivity index is 3.16. The Morgan fingerprint density at radius 1 is 1.42 bits per heavy atom. The summed E-state index contributed by atoms with van der Waals surface area (Å²) >= 11 is 5.72. The van der Waals surface area contributed by atoms with Gasteiger partial charge in [0.05, 0.1) is 4.90 Å². The van der Waals surface area contributed by atoms with Crippen molar-refractivity contribution < 1.29 is 12.8 Å². The molecule has 1 aromatic carbocycles. The van der Waals surface area contributed by atoms with E-state index in [9.17, 15) is 12.8 Å². The molecule has 3 nitrogen and oxygen atoms in total. The quantitative estimate of drug-likeness (QED) is 0.757. The van der Waals surface area contributed by atoms with Gasteiger partial charge in [-0.3, -0.25) is 0 Å². The SMILES string of the molecule is CCC(C)CN(C)S(=O)(=O)c1cc(F)ccc1CCl. The summed E-state index contributed by atoms with van der Waals surface area (Å²) in [7, 11) is -2.20. The minimum atomic E-state index is -3.70. The largest absolute Gasteiger partial charge is 0.243 e. The Kier molecular flexibility index (Phi) is 5.77. The highest BCUT2D eigenvalue weighted by Gasteiger charge is 2.25. The third-order valence-corrected chi connectivity index (χ3v) is 5.32. The van der Waals surface area contributed by atoms with Crippen LogP contribution in [0.5, 0.6) is 0 Å². The van der Waals surface area contributed by atoms with Crippen molar-refractivity contribution in [3.63, 3.8) is 0 Å². The zero-order chi connectivity index (χ0) is 14.6. The van der Waals surface area contributed by atoms with Crippen molar-refractivity contribution in [2.75, 3.05) is 13.6 Å². The summed E-state index contributed by atoms with van der Waals surface area (Å²) in [5.74, 6) is -0.302. The second kappa shape index (κ2) is 6.68. The Hall–Kier alpha value is -0.650. The van der Waals surface area contributed by atoms with Crippen molar-refractivity contribution in [3.05, 3.63) is 29.6 Å². The fourth-order valence-electron chi connectivity index (χ4n) is 1.71. The Labute approximate surface area is 119 Å². The van der Waals surface area contributed by atoms with E-state index in [1.54, 1.807) is 0 Å². The first-order chi connectivity index (χ1) is 8.82. The van der Waals surface area contributed by atoms with E-state index in [2.05, 4.69) is 0 Å². The molecule has 0 aliphatic heterocycles. The zero-order valence-corrected chi connectivity index (χ0v) is 12.9. The molecule has 0 aliphatic rings. The Morgan fingerprint density at radius 2 is 2.05 bits per heavy atom. The van der Waals surface area contributed by atoms with Crippen molar-refractivity contribution in [2.45, 2.75) is 31.0 Å². The summed E-state index contributed by atoms with van der Waals surface area (Å²) in [6.45, 7) is 4.37. The maximum absolute atomic E-state index is 13.3. The van der Waals surface area contributed by atoms with Gasteiger partial charge in [-0.25, -0.2) is 17.1 Å². The standard InChI is InChI=1S/C13H19ClFNO2S/c1-4-10(2)9-16(3)19(17,18)13-7-12(15)6-5-11(13)8-14/h5-7,10H,4,8-9H2,1-3H3. The smallest absolute Gasteiger partial charge is 0.207 e. The van der Waals surface area contributed by atoms with Gasteiger partial charge < -0.3 is 0 Å². The zero-order valence-electron chi connectivity index (χ0n) is 11.4. The molecule has 0 saturated carbocycles. The highest BCUT2D eigenvalue weighted by molar-refractivity contribution is 7.89. The number of hydrogen-bond donors (Lipinski definition) is 0. The molecule has 1 rings (SSSR count). The van der Waals surface area contributed by atoms with E-state index < -0.39 is 15.8 Å². The lowest BCUT2D eigenvalue weighted by Crippen LogP contribution is -2.31. The summed E-state index contributed by atoms with van der Waals surface area (Å²) in [5, 5.41) is 0. The van der Waals surface area contributed by atoms with Crippen molar-refractivity contribution in [3.8, 4) is 0 Å². The molecule has 6 heteroatoms. The van der Waals surface area contributed by atoms with Gasteiger partial charge in [-0.15, -0.1) is 11.6 Å². The lowest BCUT2D eigenvalue weighted by Gasteiger charge is -2.21. The first-order valence-corrected chi connectivity index (χ1v) is 8.11. The van der Waals surface area contributed by atoms with Crippen LogP contribution in [0.2, 0.25) is 0 Å². The van der Waals surface area contributed by atoms with Crippen LogP contribution in [-0.4, -0.2) is 26.3 Å². The maximum atomic E-state index is 13.3. The lowest BCUT2D eigenvalue weighted by atomic mass is 10.1. The molecule has 1 unspecified atom stereocenters. The molecular formula is C13H19ClFNO2S. The van der Waals surface area contributed by atoms with E-state index in [0.717, 1.165) is 12.5 Å². The monoisotopic (exact) mass is 307 g/mol. The summed E-state index contributed by atoms with van der Waals surface area (Å²) in [6.07, 6.45) is 0.880. The highest BCUT2D eigenvalue weighted by atomic mass is 35.5. The number of rotatable bonds is 6. The van der Waals surface area contributed by atoms with Crippen LogP contribution >= 0.6 is 11.6 Å². The van der Waals surface area contributed by atoms with Gasteiger partial charge in [0.1, 0.15) is 5.82 Å².